The van der Waals surface area contributed by atoms with Gasteiger partial charge in [-0.3, -0.25) is 19.7 Å². The zero-order valence-electron chi connectivity index (χ0n) is 10.5. The van der Waals surface area contributed by atoms with E-state index in [1.165, 1.54) is 36.8 Å². The molecule has 1 heterocycles. The first-order valence-corrected chi connectivity index (χ1v) is 5.68. The molecule has 2 N–H and O–H groups in total. The van der Waals surface area contributed by atoms with Crippen LogP contribution in [0.2, 0.25) is 0 Å². The number of benzene rings is 1. The minimum Gasteiger partial charge on any atom is -0.312 e. The van der Waals surface area contributed by atoms with E-state index in [9.17, 15) is 19.7 Å². The summed E-state index contributed by atoms with van der Waals surface area (Å²) in [5, 5.41) is 14.1. The molecule has 0 spiro atoms. The van der Waals surface area contributed by atoms with Crippen LogP contribution in [0.5, 0.6) is 0 Å². The minimum absolute atomic E-state index is 0.0434. The minimum atomic E-state index is -0.706. The Kier molecular flexibility index (Phi) is 4.14. The second-order valence-electron chi connectivity index (χ2n) is 3.84. The van der Waals surface area contributed by atoms with Crippen molar-refractivity contribution in [3.05, 3.63) is 68.4 Å². The van der Waals surface area contributed by atoms with Gasteiger partial charge in [0, 0.05) is 18.3 Å². The van der Waals surface area contributed by atoms with E-state index < -0.39 is 16.4 Å². The number of hydrazone groups is 1. The van der Waals surface area contributed by atoms with Crippen LogP contribution in [0.3, 0.4) is 0 Å². The van der Waals surface area contributed by atoms with Crippen LogP contribution in [0, 0.1) is 10.1 Å². The Morgan fingerprint density at radius 2 is 2.10 bits per heavy atom. The number of carbonyl (C=O) groups excluding carboxylic acids is 1. The van der Waals surface area contributed by atoms with Crippen LogP contribution in [0.4, 0.5) is 5.69 Å². The Bertz CT molecular complexity index is 751. The average Bonchev–Trinajstić information content (AvgIpc) is 2.48. The zero-order valence-corrected chi connectivity index (χ0v) is 10.5. The number of aromatic nitrogens is 2. The van der Waals surface area contributed by atoms with Gasteiger partial charge in [0.15, 0.2) is 0 Å². The van der Waals surface area contributed by atoms with Crippen molar-refractivity contribution in [2.45, 2.75) is 0 Å². The molecule has 106 valence electrons. The lowest BCUT2D eigenvalue weighted by atomic mass is 10.2. The molecule has 0 fully saturated rings. The topological polar surface area (TPSA) is 130 Å². The molecule has 0 radical (unpaired) electrons. The van der Waals surface area contributed by atoms with E-state index in [0.717, 1.165) is 6.20 Å². The summed E-state index contributed by atoms with van der Waals surface area (Å²) in [4.78, 5) is 38.8. The molecule has 2 aromatic rings. The number of non-ortho nitro benzene ring substituents is 1. The molecule has 0 unspecified atom stereocenters. The Morgan fingerprint density at radius 3 is 2.71 bits per heavy atom. The fourth-order valence-electron chi connectivity index (χ4n) is 1.41. The van der Waals surface area contributed by atoms with E-state index >= 15 is 0 Å². The third kappa shape index (κ3) is 3.56. The van der Waals surface area contributed by atoms with Crippen molar-refractivity contribution >= 4 is 17.8 Å². The normalized spacial score (nSPS) is 10.5. The molecule has 9 heteroatoms. The molecule has 0 bridgehead atoms. The number of nitro groups is 1. The van der Waals surface area contributed by atoms with Crippen molar-refractivity contribution < 1.29 is 9.72 Å². The molecule has 1 aromatic carbocycles. The summed E-state index contributed by atoms with van der Waals surface area (Å²) in [6.07, 6.45) is 3.58. The predicted molar refractivity (Wildman–Crippen MR) is 73.0 cm³/mol. The summed E-state index contributed by atoms with van der Waals surface area (Å²) in [7, 11) is 0. The first-order chi connectivity index (χ1) is 10.1. The molecule has 0 atom stereocenters. The molecule has 9 nitrogen and oxygen atoms in total. The van der Waals surface area contributed by atoms with Crippen molar-refractivity contribution in [3.8, 4) is 0 Å². The fraction of sp³-hybridized carbons (Fsp3) is 0. The van der Waals surface area contributed by atoms with Gasteiger partial charge in [-0.1, -0.05) is 0 Å². The molecule has 0 saturated heterocycles. The summed E-state index contributed by atoms with van der Waals surface area (Å²) in [6, 6.07) is 5.58. The quantitative estimate of drug-likeness (QED) is 0.478. The molecule has 0 aliphatic carbocycles. The lowest BCUT2D eigenvalue weighted by Gasteiger charge is -1.97. The Morgan fingerprint density at radius 1 is 1.38 bits per heavy atom. The van der Waals surface area contributed by atoms with Gasteiger partial charge < -0.3 is 4.98 Å². The van der Waals surface area contributed by atoms with Crippen LogP contribution < -0.4 is 11.0 Å². The van der Waals surface area contributed by atoms with Crippen LogP contribution in [-0.4, -0.2) is 27.0 Å². The van der Waals surface area contributed by atoms with E-state index in [0.29, 0.717) is 5.56 Å². The first kappa shape index (κ1) is 14.1. The number of nitrogens with zero attached hydrogens (tertiary/aromatic N) is 3. The fourth-order valence-corrected chi connectivity index (χ4v) is 1.41. The lowest BCUT2D eigenvalue weighted by molar-refractivity contribution is -0.384. The van der Waals surface area contributed by atoms with E-state index in [4.69, 9.17) is 0 Å². The first-order valence-electron chi connectivity index (χ1n) is 5.68. The summed E-state index contributed by atoms with van der Waals surface area (Å²) in [5.41, 5.74) is 1.93. The van der Waals surface area contributed by atoms with Gasteiger partial charge in [-0.2, -0.15) is 5.10 Å². The summed E-state index contributed by atoms with van der Waals surface area (Å²) >= 11 is 0. The number of carbonyl (C=O) groups is 1. The number of rotatable bonds is 4. The van der Waals surface area contributed by atoms with Crippen LogP contribution in [0.15, 0.2) is 46.7 Å². The monoisotopic (exact) mass is 287 g/mol. The van der Waals surface area contributed by atoms with Crippen molar-refractivity contribution in [2.24, 2.45) is 5.10 Å². The number of hydrogen-bond acceptors (Lipinski definition) is 6. The van der Waals surface area contributed by atoms with Gasteiger partial charge in [0.05, 0.1) is 17.5 Å². The highest BCUT2D eigenvalue weighted by Gasteiger charge is 2.08. The van der Waals surface area contributed by atoms with Crippen molar-refractivity contribution in [1.29, 1.82) is 0 Å². The smallest absolute Gasteiger partial charge is 0.278 e. The highest BCUT2D eigenvalue weighted by Crippen LogP contribution is 2.10. The van der Waals surface area contributed by atoms with Crippen LogP contribution in [-0.2, 0) is 0 Å². The molecule has 0 aliphatic rings. The standard InChI is InChI=1S/C12H9N5O4/c18-11-10(6-13-7-14-11)12(19)16-15-5-8-1-3-9(4-2-8)17(20)21/h1-7H,(H,16,19)(H,13,14,18). The number of aromatic amines is 1. The molecule has 21 heavy (non-hydrogen) atoms. The second-order valence-corrected chi connectivity index (χ2v) is 3.84. The third-order valence-corrected chi connectivity index (χ3v) is 2.45. The van der Waals surface area contributed by atoms with Gasteiger partial charge in [0.2, 0.25) is 0 Å². The number of nitrogens with one attached hydrogen (secondary N) is 2. The Labute approximate surface area is 117 Å². The highest BCUT2D eigenvalue weighted by molar-refractivity contribution is 5.94. The van der Waals surface area contributed by atoms with Crippen molar-refractivity contribution in [1.82, 2.24) is 15.4 Å². The van der Waals surface area contributed by atoms with E-state index in [1.54, 1.807) is 0 Å². The molecular formula is C12H9N5O4. The maximum Gasteiger partial charge on any atom is 0.278 e. The molecule has 1 amide bonds. The molecule has 0 aliphatic heterocycles. The van der Waals surface area contributed by atoms with E-state index in [1.807, 2.05) is 0 Å². The Hall–Kier alpha value is -3.36. The van der Waals surface area contributed by atoms with Crippen molar-refractivity contribution in [2.75, 3.05) is 0 Å². The molecular weight excluding hydrogens is 278 g/mol. The number of amides is 1. The summed E-state index contributed by atoms with van der Waals surface area (Å²) in [6.45, 7) is 0. The largest absolute Gasteiger partial charge is 0.312 e. The van der Waals surface area contributed by atoms with Gasteiger partial charge in [-0.25, -0.2) is 10.4 Å². The maximum absolute atomic E-state index is 11.6. The van der Waals surface area contributed by atoms with Crippen LogP contribution in [0.25, 0.3) is 0 Å². The van der Waals surface area contributed by atoms with Gasteiger partial charge in [0.25, 0.3) is 17.2 Å². The van der Waals surface area contributed by atoms with E-state index in [-0.39, 0.29) is 11.3 Å². The molecule has 2 rings (SSSR count). The van der Waals surface area contributed by atoms with Crippen molar-refractivity contribution in [3.63, 3.8) is 0 Å². The number of hydrogen-bond donors (Lipinski definition) is 2. The zero-order chi connectivity index (χ0) is 15.2. The van der Waals surface area contributed by atoms with Gasteiger partial charge in [0.1, 0.15) is 5.56 Å². The maximum atomic E-state index is 11.6. The summed E-state index contributed by atoms with van der Waals surface area (Å²) in [5.74, 6) is -0.706. The average molecular weight is 287 g/mol. The third-order valence-electron chi connectivity index (χ3n) is 2.45. The SMILES string of the molecule is O=C(NN=Cc1ccc([N+](=O)[O-])cc1)c1cnc[nH]c1=O. The lowest BCUT2D eigenvalue weighted by Crippen LogP contribution is -2.26. The highest BCUT2D eigenvalue weighted by atomic mass is 16.6. The second kappa shape index (κ2) is 6.19. The predicted octanol–water partition coefficient (Wildman–Crippen LogP) is 0.442. The number of nitro benzene ring substituents is 1. The summed E-state index contributed by atoms with van der Waals surface area (Å²) < 4.78 is 0. The van der Waals surface area contributed by atoms with Crippen LogP contribution in [0.1, 0.15) is 15.9 Å². The Balaban J connectivity index is 2.02. The van der Waals surface area contributed by atoms with E-state index in [2.05, 4.69) is 20.5 Å². The van der Waals surface area contributed by atoms with Gasteiger partial charge in [-0.15, -0.1) is 0 Å². The number of H-pyrrole nitrogens is 1. The van der Waals surface area contributed by atoms with Gasteiger partial charge >= 0.3 is 0 Å². The van der Waals surface area contributed by atoms with Gasteiger partial charge in [-0.05, 0) is 17.7 Å². The van der Waals surface area contributed by atoms with Crippen LogP contribution >= 0.6 is 0 Å². The molecule has 1 aromatic heterocycles. The molecule has 0 saturated carbocycles.